The van der Waals surface area contributed by atoms with Crippen LogP contribution in [0.15, 0.2) is 78.7 Å². The molecule has 0 aliphatic rings. The second-order valence-corrected chi connectivity index (χ2v) is 8.30. The van der Waals surface area contributed by atoms with Crippen molar-refractivity contribution >= 4 is 23.2 Å². The first-order valence-corrected chi connectivity index (χ1v) is 11.5. The lowest BCUT2D eigenvalue weighted by Crippen LogP contribution is -2.21. The molecule has 33 heavy (non-hydrogen) atoms. The molecule has 0 aliphatic carbocycles. The number of hydrogen-bond acceptors (Lipinski definition) is 6. The minimum Gasteiger partial charge on any atom is -0.466 e. The van der Waals surface area contributed by atoms with Gasteiger partial charge in [0.15, 0.2) is 0 Å². The molecule has 6 nitrogen and oxygen atoms in total. The summed E-state index contributed by atoms with van der Waals surface area (Å²) in [6, 6.07) is 17.6. The van der Waals surface area contributed by atoms with Crippen LogP contribution in [-0.4, -0.2) is 28.5 Å². The number of rotatable bonds is 8. The first-order valence-electron chi connectivity index (χ1n) is 10.6. The number of ether oxygens (including phenoxy) is 1. The summed E-state index contributed by atoms with van der Waals surface area (Å²) >= 11 is 1.42. The standard InChI is InChI=1S/C26H23N3O3S/c1-2-32-25(30)11-18-3-5-19(6-4-18)13-29-26(31)24-12-22(16-33-24)20-7-9-21(10-8-20)23-14-27-17-28-15-23/h3-10,12,14-17H,2,11,13H2,1H3,(H,29,31). The van der Waals surface area contributed by atoms with Gasteiger partial charge in [0.2, 0.25) is 0 Å². The molecule has 0 unspecified atom stereocenters. The molecule has 2 aromatic heterocycles. The van der Waals surface area contributed by atoms with Gasteiger partial charge < -0.3 is 10.1 Å². The van der Waals surface area contributed by atoms with Crippen LogP contribution in [0.5, 0.6) is 0 Å². The van der Waals surface area contributed by atoms with Crippen LogP contribution in [-0.2, 0) is 22.5 Å². The molecule has 2 aromatic carbocycles. The van der Waals surface area contributed by atoms with Gasteiger partial charge >= 0.3 is 5.97 Å². The third-order valence-electron chi connectivity index (χ3n) is 5.07. The van der Waals surface area contributed by atoms with Gasteiger partial charge in [-0.1, -0.05) is 48.5 Å². The first-order chi connectivity index (χ1) is 16.1. The maximum Gasteiger partial charge on any atom is 0.310 e. The number of carbonyl (C=O) groups is 2. The Bertz CT molecular complexity index is 1220. The highest BCUT2D eigenvalue weighted by atomic mass is 32.1. The Morgan fingerprint density at radius 1 is 0.879 bits per heavy atom. The van der Waals surface area contributed by atoms with E-state index in [2.05, 4.69) is 15.3 Å². The molecule has 4 aromatic rings. The Balaban J connectivity index is 1.34. The molecule has 0 bridgehead atoms. The quantitative estimate of drug-likeness (QED) is 0.380. The highest BCUT2D eigenvalue weighted by Crippen LogP contribution is 2.28. The molecule has 0 radical (unpaired) electrons. The van der Waals surface area contributed by atoms with E-state index in [9.17, 15) is 9.59 Å². The fraction of sp³-hybridized carbons (Fsp3) is 0.154. The summed E-state index contributed by atoms with van der Waals surface area (Å²) in [6.07, 6.45) is 5.32. The van der Waals surface area contributed by atoms with E-state index in [1.54, 1.807) is 19.3 Å². The van der Waals surface area contributed by atoms with Crippen LogP contribution < -0.4 is 5.32 Å². The van der Waals surface area contributed by atoms with Gasteiger partial charge in [-0.25, -0.2) is 9.97 Å². The smallest absolute Gasteiger partial charge is 0.310 e. The topological polar surface area (TPSA) is 81.2 Å². The van der Waals surface area contributed by atoms with Crippen molar-refractivity contribution in [3.05, 3.63) is 94.7 Å². The van der Waals surface area contributed by atoms with E-state index >= 15 is 0 Å². The average Bonchev–Trinajstić information content (AvgIpc) is 3.35. The normalized spacial score (nSPS) is 10.6. The van der Waals surface area contributed by atoms with Gasteiger partial charge in [0.1, 0.15) is 6.33 Å². The molecule has 0 aliphatic heterocycles. The highest BCUT2D eigenvalue weighted by molar-refractivity contribution is 7.12. The Morgan fingerprint density at radius 2 is 1.52 bits per heavy atom. The van der Waals surface area contributed by atoms with E-state index in [1.807, 2.05) is 60.0 Å². The molecule has 7 heteroatoms. The number of benzene rings is 2. The largest absolute Gasteiger partial charge is 0.466 e. The summed E-state index contributed by atoms with van der Waals surface area (Å²) in [7, 11) is 0. The Labute approximate surface area is 196 Å². The van der Waals surface area contributed by atoms with Crippen LogP contribution >= 0.6 is 11.3 Å². The summed E-state index contributed by atoms with van der Waals surface area (Å²) in [4.78, 5) is 32.9. The Morgan fingerprint density at radius 3 is 2.18 bits per heavy atom. The molecule has 0 saturated carbocycles. The second kappa shape index (κ2) is 10.7. The number of esters is 1. The van der Waals surface area contributed by atoms with Crippen molar-refractivity contribution in [1.29, 1.82) is 0 Å². The van der Waals surface area contributed by atoms with Crippen molar-refractivity contribution < 1.29 is 14.3 Å². The van der Waals surface area contributed by atoms with Crippen molar-refractivity contribution in [2.45, 2.75) is 19.9 Å². The van der Waals surface area contributed by atoms with Crippen molar-refractivity contribution in [2.24, 2.45) is 0 Å². The predicted molar refractivity (Wildman–Crippen MR) is 129 cm³/mol. The molecule has 0 spiro atoms. The maximum absolute atomic E-state index is 12.6. The van der Waals surface area contributed by atoms with Crippen LogP contribution in [0.4, 0.5) is 0 Å². The summed E-state index contributed by atoms with van der Waals surface area (Å²) in [5, 5.41) is 4.94. The van der Waals surface area contributed by atoms with Crippen LogP contribution in [0, 0.1) is 0 Å². The van der Waals surface area contributed by atoms with Gasteiger partial charge in [0.25, 0.3) is 5.91 Å². The third-order valence-corrected chi connectivity index (χ3v) is 5.99. The number of nitrogens with one attached hydrogen (secondary N) is 1. The molecule has 0 fully saturated rings. The third kappa shape index (κ3) is 5.90. The lowest BCUT2D eigenvalue weighted by molar-refractivity contribution is -0.142. The van der Waals surface area contributed by atoms with E-state index in [0.29, 0.717) is 18.0 Å². The zero-order valence-corrected chi connectivity index (χ0v) is 19.0. The molecule has 2 heterocycles. The van der Waals surface area contributed by atoms with E-state index in [0.717, 1.165) is 33.4 Å². The van der Waals surface area contributed by atoms with Crippen molar-refractivity contribution in [2.75, 3.05) is 6.61 Å². The monoisotopic (exact) mass is 457 g/mol. The van der Waals surface area contributed by atoms with E-state index < -0.39 is 0 Å². The molecule has 4 rings (SSSR count). The lowest BCUT2D eigenvalue weighted by atomic mass is 10.0. The number of amides is 1. The summed E-state index contributed by atoms with van der Waals surface area (Å²) in [5.74, 6) is -0.351. The number of thiophene rings is 1. The zero-order valence-electron chi connectivity index (χ0n) is 18.2. The molecule has 0 atom stereocenters. The van der Waals surface area contributed by atoms with E-state index in [4.69, 9.17) is 4.74 Å². The van der Waals surface area contributed by atoms with Crippen molar-refractivity contribution in [3.8, 4) is 22.3 Å². The van der Waals surface area contributed by atoms with Crippen molar-refractivity contribution in [1.82, 2.24) is 15.3 Å². The van der Waals surface area contributed by atoms with Gasteiger partial charge in [-0.05, 0) is 46.2 Å². The van der Waals surface area contributed by atoms with Crippen LogP contribution in [0.3, 0.4) is 0 Å². The van der Waals surface area contributed by atoms with Crippen LogP contribution in [0.25, 0.3) is 22.3 Å². The minimum absolute atomic E-state index is 0.111. The number of aromatic nitrogens is 2. The van der Waals surface area contributed by atoms with Gasteiger partial charge in [-0.2, -0.15) is 0 Å². The minimum atomic E-state index is -0.240. The van der Waals surface area contributed by atoms with Crippen molar-refractivity contribution in [3.63, 3.8) is 0 Å². The fourth-order valence-corrected chi connectivity index (χ4v) is 4.17. The molecular formula is C26H23N3O3S. The number of nitrogens with zero attached hydrogens (tertiary/aromatic N) is 2. The molecule has 1 amide bonds. The van der Waals surface area contributed by atoms with Crippen LogP contribution in [0.1, 0.15) is 27.7 Å². The molecule has 0 saturated heterocycles. The highest BCUT2D eigenvalue weighted by Gasteiger charge is 2.11. The number of carbonyl (C=O) groups excluding carboxylic acids is 2. The van der Waals surface area contributed by atoms with Gasteiger partial charge in [0.05, 0.1) is 17.9 Å². The van der Waals surface area contributed by atoms with E-state index in [-0.39, 0.29) is 18.3 Å². The predicted octanol–water partition coefficient (Wildman–Crippen LogP) is 4.91. The average molecular weight is 458 g/mol. The van der Waals surface area contributed by atoms with Crippen LogP contribution in [0.2, 0.25) is 0 Å². The lowest BCUT2D eigenvalue weighted by Gasteiger charge is -2.06. The van der Waals surface area contributed by atoms with Gasteiger partial charge in [-0.3, -0.25) is 9.59 Å². The molecule has 1 N–H and O–H groups in total. The summed E-state index contributed by atoms with van der Waals surface area (Å²) in [6.45, 7) is 2.58. The first kappa shape index (κ1) is 22.4. The summed E-state index contributed by atoms with van der Waals surface area (Å²) < 4.78 is 4.96. The maximum atomic E-state index is 12.6. The summed E-state index contributed by atoms with van der Waals surface area (Å²) in [5.41, 5.74) is 5.90. The Hall–Kier alpha value is -3.84. The zero-order chi connectivity index (χ0) is 23.0. The Kier molecular flexibility index (Phi) is 7.22. The van der Waals surface area contributed by atoms with Gasteiger partial charge in [-0.15, -0.1) is 11.3 Å². The van der Waals surface area contributed by atoms with E-state index in [1.165, 1.54) is 17.7 Å². The fourth-order valence-electron chi connectivity index (χ4n) is 3.33. The second-order valence-electron chi connectivity index (χ2n) is 7.39. The molecular weight excluding hydrogens is 434 g/mol. The van der Waals surface area contributed by atoms with Gasteiger partial charge in [0, 0.05) is 24.5 Å². The molecule has 166 valence electrons. The SMILES string of the molecule is CCOC(=O)Cc1ccc(CNC(=O)c2cc(-c3ccc(-c4cncnc4)cc3)cs2)cc1. The number of hydrogen-bond donors (Lipinski definition) is 1.